The van der Waals surface area contributed by atoms with E-state index >= 15 is 0 Å². The van der Waals surface area contributed by atoms with Crippen molar-refractivity contribution in [3.05, 3.63) is 0 Å². The minimum absolute atomic E-state index is 0.690. The second kappa shape index (κ2) is 8.90. The van der Waals surface area contributed by atoms with Crippen LogP contribution >= 0.6 is 0 Å². The van der Waals surface area contributed by atoms with Crippen LogP contribution in [0.1, 0.15) is 46.5 Å². The van der Waals surface area contributed by atoms with E-state index in [0.29, 0.717) is 6.04 Å². The molecular weight excluding hydrogens is 212 g/mol. The Labute approximate surface area is 107 Å². The summed E-state index contributed by atoms with van der Waals surface area (Å²) in [6, 6.07) is 1.43. The fraction of sp³-hybridized carbons (Fsp3) is 1.00. The van der Waals surface area contributed by atoms with E-state index in [1.54, 1.807) is 0 Å². The average molecular weight is 242 g/mol. The molecule has 3 nitrogen and oxygen atoms in total. The van der Waals surface area contributed by atoms with Crippen molar-refractivity contribution in [3.63, 3.8) is 0 Å². The zero-order valence-electron chi connectivity index (χ0n) is 11.9. The van der Waals surface area contributed by atoms with Gasteiger partial charge in [0.15, 0.2) is 0 Å². The molecule has 3 heteroatoms. The molecule has 17 heavy (non-hydrogen) atoms. The molecule has 0 aromatic rings. The normalized spacial score (nSPS) is 26.3. The molecule has 0 amide bonds. The lowest BCUT2D eigenvalue weighted by molar-refractivity contribution is 0.0925. The summed E-state index contributed by atoms with van der Waals surface area (Å²) in [5.41, 5.74) is 0. The van der Waals surface area contributed by atoms with Gasteiger partial charge in [0.2, 0.25) is 0 Å². The first kappa shape index (κ1) is 14.9. The van der Waals surface area contributed by atoms with E-state index in [4.69, 9.17) is 4.74 Å². The molecule has 0 aliphatic carbocycles. The molecule has 0 bridgehead atoms. The van der Waals surface area contributed by atoms with Crippen molar-refractivity contribution in [1.29, 1.82) is 0 Å². The lowest BCUT2D eigenvalue weighted by Gasteiger charge is -2.40. The molecule has 1 aliphatic rings. The average Bonchev–Trinajstić information content (AvgIpc) is 2.36. The summed E-state index contributed by atoms with van der Waals surface area (Å²) in [5, 5.41) is 3.66. The van der Waals surface area contributed by atoms with E-state index in [1.807, 2.05) is 0 Å². The highest BCUT2D eigenvalue weighted by Gasteiger charge is 2.25. The first-order valence-electron chi connectivity index (χ1n) is 7.36. The smallest absolute Gasteiger partial charge is 0.0478 e. The minimum Gasteiger partial charge on any atom is -0.382 e. The van der Waals surface area contributed by atoms with Gasteiger partial charge in [0.05, 0.1) is 0 Å². The van der Waals surface area contributed by atoms with Gasteiger partial charge in [0.1, 0.15) is 0 Å². The Balaban J connectivity index is 2.32. The van der Waals surface area contributed by atoms with E-state index < -0.39 is 0 Å². The first-order chi connectivity index (χ1) is 8.31. The molecule has 102 valence electrons. The molecule has 0 spiro atoms. The SMILES string of the molecule is CCCC1CNC(CC)CN1CCCOCC. The van der Waals surface area contributed by atoms with Gasteiger partial charge in [0, 0.05) is 44.9 Å². The number of nitrogens with zero attached hydrogens (tertiary/aromatic N) is 1. The summed E-state index contributed by atoms with van der Waals surface area (Å²) in [5.74, 6) is 0. The second-order valence-corrected chi connectivity index (χ2v) is 5.00. The Morgan fingerprint density at radius 3 is 2.76 bits per heavy atom. The maximum Gasteiger partial charge on any atom is 0.0478 e. The van der Waals surface area contributed by atoms with Crippen molar-refractivity contribution < 1.29 is 4.74 Å². The molecule has 1 N–H and O–H groups in total. The highest BCUT2D eigenvalue weighted by Crippen LogP contribution is 2.14. The first-order valence-corrected chi connectivity index (χ1v) is 7.36. The van der Waals surface area contributed by atoms with Gasteiger partial charge < -0.3 is 10.1 Å². The minimum atomic E-state index is 0.690. The zero-order chi connectivity index (χ0) is 12.5. The third-order valence-electron chi connectivity index (χ3n) is 3.67. The number of piperazine rings is 1. The van der Waals surface area contributed by atoms with Crippen LogP contribution in [0.4, 0.5) is 0 Å². The van der Waals surface area contributed by atoms with Crippen molar-refractivity contribution in [2.45, 2.75) is 58.5 Å². The van der Waals surface area contributed by atoms with E-state index in [2.05, 4.69) is 31.0 Å². The topological polar surface area (TPSA) is 24.5 Å². The standard InChI is InChI=1S/C14H30N2O/c1-4-8-14-11-15-13(5-2)12-16(14)9-7-10-17-6-3/h13-15H,4-12H2,1-3H3. The molecule has 1 aliphatic heterocycles. The molecule has 1 heterocycles. The van der Waals surface area contributed by atoms with Crippen LogP contribution in [0.2, 0.25) is 0 Å². The van der Waals surface area contributed by atoms with Crippen LogP contribution in [-0.2, 0) is 4.74 Å². The van der Waals surface area contributed by atoms with Crippen molar-refractivity contribution in [1.82, 2.24) is 10.2 Å². The molecule has 0 aromatic carbocycles. The van der Waals surface area contributed by atoms with Gasteiger partial charge in [-0.25, -0.2) is 0 Å². The molecule has 1 rings (SSSR count). The maximum atomic E-state index is 5.43. The summed E-state index contributed by atoms with van der Waals surface area (Å²) in [7, 11) is 0. The van der Waals surface area contributed by atoms with E-state index in [-0.39, 0.29) is 0 Å². The Morgan fingerprint density at radius 2 is 2.12 bits per heavy atom. The van der Waals surface area contributed by atoms with Gasteiger partial charge in [0.25, 0.3) is 0 Å². The van der Waals surface area contributed by atoms with Gasteiger partial charge in [-0.15, -0.1) is 0 Å². The lowest BCUT2D eigenvalue weighted by atomic mass is 10.0. The zero-order valence-corrected chi connectivity index (χ0v) is 11.9. The van der Waals surface area contributed by atoms with Gasteiger partial charge in [-0.3, -0.25) is 4.90 Å². The molecule has 1 fully saturated rings. The van der Waals surface area contributed by atoms with E-state index in [9.17, 15) is 0 Å². The summed E-state index contributed by atoms with van der Waals surface area (Å²) >= 11 is 0. The van der Waals surface area contributed by atoms with E-state index in [1.165, 1.54) is 45.3 Å². The molecule has 2 atom stereocenters. The van der Waals surface area contributed by atoms with Crippen LogP contribution in [0.25, 0.3) is 0 Å². The predicted molar refractivity (Wildman–Crippen MR) is 73.5 cm³/mol. The van der Waals surface area contributed by atoms with Crippen LogP contribution in [0.5, 0.6) is 0 Å². The number of nitrogens with one attached hydrogen (secondary N) is 1. The number of ether oxygens (including phenoxy) is 1. The summed E-state index contributed by atoms with van der Waals surface area (Å²) < 4.78 is 5.43. The van der Waals surface area contributed by atoms with Gasteiger partial charge in [-0.2, -0.15) is 0 Å². The van der Waals surface area contributed by atoms with Crippen molar-refractivity contribution in [2.24, 2.45) is 0 Å². The van der Waals surface area contributed by atoms with Crippen LogP contribution < -0.4 is 5.32 Å². The highest BCUT2D eigenvalue weighted by molar-refractivity contribution is 4.85. The third-order valence-corrected chi connectivity index (χ3v) is 3.67. The van der Waals surface area contributed by atoms with Crippen molar-refractivity contribution >= 4 is 0 Å². The van der Waals surface area contributed by atoms with Crippen LogP contribution in [-0.4, -0.2) is 49.8 Å². The quantitative estimate of drug-likeness (QED) is 0.661. The van der Waals surface area contributed by atoms with Gasteiger partial charge in [-0.1, -0.05) is 20.3 Å². The van der Waals surface area contributed by atoms with E-state index in [0.717, 1.165) is 19.3 Å². The summed E-state index contributed by atoms with van der Waals surface area (Å²) in [6.07, 6.45) is 5.01. The molecule has 2 unspecified atom stereocenters. The van der Waals surface area contributed by atoms with Crippen molar-refractivity contribution in [2.75, 3.05) is 32.8 Å². The van der Waals surface area contributed by atoms with Crippen LogP contribution in [0.15, 0.2) is 0 Å². The molecular formula is C14H30N2O. The Morgan fingerprint density at radius 1 is 1.29 bits per heavy atom. The number of hydrogen-bond acceptors (Lipinski definition) is 3. The fourth-order valence-corrected chi connectivity index (χ4v) is 2.61. The Hall–Kier alpha value is -0.120. The summed E-state index contributed by atoms with van der Waals surface area (Å²) in [6.45, 7) is 12.0. The maximum absolute atomic E-state index is 5.43. The molecule has 1 saturated heterocycles. The Bertz CT molecular complexity index is 187. The lowest BCUT2D eigenvalue weighted by Crippen LogP contribution is -2.56. The largest absolute Gasteiger partial charge is 0.382 e. The van der Waals surface area contributed by atoms with Crippen LogP contribution in [0.3, 0.4) is 0 Å². The second-order valence-electron chi connectivity index (χ2n) is 5.00. The van der Waals surface area contributed by atoms with Gasteiger partial charge in [-0.05, 0) is 26.2 Å². The predicted octanol–water partition coefficient (Wildman–Crippen LogP) is 2.27. The van der Waals surface area contributed by atoms with Crippen LogP contribution in [0, 0.1) is 0 Å². The highest BCUT2D eigenvalue weighted by atomic mass is 16.5. The van der Waals surface area contributed by atoms with Crippen molar-refractivity contribution in [3.8, 4) is 0 Å². The summed E-state index contributed by atoms with van der Waals surface area (Å²) in [4.78, 5) is 2.67. The Kier molecular flexibility index (Phi) is 7.82. The number of hydrogen-bond donors (Lipinski definition) is 1. The third kappa shape index (κ3) is 5.36. The fourth-order valence-electron chi connectivity index (χ4n) is 2.61. The molecule has 0 aromatic heterocycles. The molecule has 0 saturated carbocycles. The molecule has 0 radical (unpaired) electrons. The monoisotopic (exact) mass is 242 g/mol. The van der Waals surface area contributed by atoms with Gasteiger partial charge >= 0.3 is 0 Å². The number of rotatable bonds is 8.